The Balaban J connectivity index is 1.24. The van der Waals surface area contributed by atoms with Crippen molar-refractivity contribution in [3.8, 4) is 11.5 Å². The average molecular weight is 553 g/mol. The molecule has 0 radical (unpaired) electrons. The van der Waals surface area contributed by atoms with Gasteiger partial charge in [0.05, 0.1) is 18.6 Å². The third-order valence-electron chi connectivity index (χ3n) is 6.66. The van der Waals surface area contributed by atoms with Crippen molar-refractivity contribution in [3.63, 3.8) is 0 Å². The number of anilines is 1. The van der Waals surface area contributed by atoms with Crippen molar-refractivity contribution < 1.29 is 23.9 Å². The van der Waals surface area contributed by atoms with E-state index in [2.05, 4.69) is 5.32 Å². The molecule has 1 aliphatic heterocycles. The van der Waals surface area contributed by atoms with Crippen LogP contribution in [0, 0.1) is 13.8 Å². The van der Waals surface area contributed by atoms with E-state index >= 15 is 0 Å². The number of carbonyl (C=O) groups is 3. The van der Waals surface area contributed by atoms with Crippen molar-refractivity contribution in [2.45, 2.75) is 20.4 Å². The molecule has 0 aromatic heterocycles. The van der Waals surface area contributed by atoms with E-state index < -0.39 is 0 Å². The number of nitrogens with one attached hydrogen (secondary N) is 1. The van der Waals surface area contributed by atoms with Gasteiger partial charge in [0.1, 0.15) is 0 Å². The highest BCUT2D eigenvalue weighted by molar-refractivity contribution is 8.18. The van der Waals surface area contributed by atoms with Gasteiger partial charge >= 0.3 is 0 Å². The van der Waals surface area contributed by atoms with Crippen molar-refractivity contribution in [3.05, 3.63) is 106 Å². The molecule has 0 unspecified atom stereocenters. The van der Waals surface area contributed by atoms with Crippen molar-refractivity contribution in [1.29, 1.82) is 0 Å². The van der Waals surface area contributed by atoms with Crippen LogP contribution < -0.4 is 14.8 Å². The molecule has 1 aliphatic rings. The number of fused-ring (bicyclic) bond motifs is 1. The molecule has 4 aromatic rings. The Morgan fingerprint density at radius 1 is 0.900 bits per heavy atom. The molecule has 0 saturated carbocycles. The normalized spacial score (nSPS) is 14.2. The zero-order valence-corrected chi connectivity index (χ0v) is 23.2. The lowest BCUT2D eigenvalue weighted by molar-refractivity contribution is -0.123. The van der Waals surface area contributed by atoms with Gasteiger partial charge in [0.25, 0.3) is 17.1 Å². The molecule has 0 aliphatic carbocycles. The van der Waals surface area contributed by atoms with Gasteiger partial charge in [0, 0.05) is 5.69 Å². The van der Waals surface area contributed by atoms with Gasteiger partial charge in [-0.2, -0.15) is 0 Å². The monoisotopic (exact) mass is 552 g/mol. The number of rotatable bonds is 8. The lowest BCUT2D eigenvalue weighted by Crippen LogP contribution is -2.27. The van der Waals surface area contributed by atoms with E-state index in [4.69, 9.17) is 9.47 Å². The van der Waals surface area contributed by atoms with Gasteiger partial charge < -0.3 is 14.8 Å². The van der Waals surface area contributed by atoms with E-state index in [0.29, 0.717) is 27.7 Å². The number of benzene rings is 4. The van der Waals surface area contributed by atoms with Crippen LogP contribution >= 0.6 is 11.8 Å². The maximum atomic E-state index is 13.1. The first-order valence-corrected chi connectivity index (χ1v) is 13.5. The minimum Gasteiger partial charge on any atom is -0.493 e. The Bertz CT molecular complexity index is 1660. The molecule has 5 rings (SSSR count). The molecule has 7 nitrogen and oxygen atoms in total. The zero-order valence-electron chi connectivity index (χ0n) is 22.4. The molecule has 0 bridgehead atoms. The first-order valence-electron chi connectivity index (χ1n) is 12.7. The zero-order chi connectivity index (χ0) is 28.2. The fraction of sp³-hybridized carbons (Fsp3) is 0.156. The smallest absolute Gasteiger partial charge is 0.293 e. The number of thioether (sulfide) groups is 1. The molecule has 0 spiro atoms. The van der Waals surface area contributed by atoms with Gasteiger partial charge in [-0.15, -0.1) is 0 Å². The topological polar surface area (TPSA) is 84.9 Å². The average Bonchev–Trinajstić information content (AvgIpc) is 3.21. The summed E-state index contributed by atoms with van der Waals surface area (Å²) in [7, 11) is 1.50. The van der Waals surface area contributed by atoms with Crippen LogP contribution in [-0.2, 0) is 16.1 Å². The molecule has 202 valence electrons. The molecule has 1 fully saturated rings. The summed E-state index contributed by atoms with van der Waals surface area (Å²) in [6.45, 7) is 4.00. The predicted molar refractivity (Wildman–Crippen MR) is 158 cm³/mol. The molecule has 3 amide bonds. The molecule has 1 saturated heterocycles. The fourth-order valence-corrected chi connectivity index (χ4v) is 5.20. The highest BCUT2D eigenvalue weighted by Gasteiger charge is 2.35. The van der Waals surface area contributed by atoms with Crippen LogP contribution in [-0.4, -0.2) is 35.7 Å². The Morgan fingerprint density at radius 3 is 2.48 bits per heavy atom. The summed E-state index contributed by atoms with van der Waals surface area (Å²) in [5.41, 5.74) is 4.48. The first-order chi connectivity index (χ1) is 19.3. The molecular weight excluding hydrogens is 524 g/mol. The van der Waals surface area contributed by atoms with Gasteiger partial charge in [0.2, 0.25) is 0 Å². The summed E-state index contributed by atoms with van der Waals surface area (Å²) in [6, 6.07) is 24.7. The third kappa shape index (κ3) is 6.02. The Kier molecular flexibility index (Phi) is 7.89. The Hall–Kier alpha value is -4.56. The van der Waals surface area contributed by atoms with Gasteiger partial charge in [0.15, 0.2) is 18.1 Å². The van der Waals surface area contributed by atoms with Crippen LogP contribution in [0.4, 0.5) is 10.5 Å². The second-order valence-electron chi connectivity index (χ2n) is 9.50. The largest absolute Gasteiger partial charge is 0.493 e. The molecular formula is C32H28N2O5S. The van der Waals surface area contributed by atoms with Crippen LogP contribution in [0.1, 0.15) is 22.3 Å². The van der Waals surface area contributed by atoms with Crippen LogP contribution in [0.15, 0.2) is 83.8 Å². The molecule has 4 aromatic carbocycles. The quantitative estimate of drug-likeness (QED) is 0.244. The third-order valence-corrected chi connectivity index (χ3v) is 7.57. The Morgan fingerprint density at radius 2 is 1.70 bits per heavy atom. The first kappa shape index (κ1) is 27.0. The number of ether oxygens (including phenoxy) is 2. The number of imide groups is 1. The summed E-state index contributed by atoms with van der Waals surface area (Å²) in [4.78, 5) is 39.8. The van der Waals surface area contributed by atoms with Crippen LogP contribution in [0.25, 0.3) is 16.8 Å². The van der Waals surface area contributed by atoms with Crippen molar-refractivity contribution in [2.24, 2.45) is 0 Å². The van der Waals surface area contributed by atoms with E-state index in [-0.39, 0.29) is 30.2 Å². The van der Waals surface area contributed by atoms with Crippen molar-refractivity contribution >= 4 is 51.4 Å². The Labute approximate surface area is 236 Å². The standard InChI is InChI=1S/C32H28N2O5S/c1-20-8-12-26(14-21(20)2)33-30(35)19-39-27-13-10-22(16-28(27)38-3)17-29-31(36)34(32(37)40-29)18-23-9-11-24-6-4-5-7-25(24)15-23/h4-17H,18-19H2,1-3H3,(H,33,35)/b29-17+. The minimum atomic E-state index is -0.342. The van der Waals surface area contributed by atoms with Crippen molar-refractivity contribution in [2.75, 3.05) is 19.0 Å². The van der Waals surface area contributed by atoms with Gasteiger partial charge in [-0.3, -0.25) is 19.3 Å². The number of hydrogen-bond donors (Lipinski definition) is 1. The number of nitrogens with zero attached hydrogens (tertiary/aromatic N) is 1. The summed E-state index contributed by atoms with van der Waals surface area (Å²) >= 11 is 0.908. The van der Waals surface area contributed by atoms with E-state index in [1.54, 1.807) is 24.3 Å². The number of hydrogen-bond acceptors (Lipinski definition) is 6. The summed E-state index contributed by atoms with van der Waals surface area (Å²) in [5, 5.41) is 4.67. The highest BCUT2D eigenvalue weighted by Crippen LogP contribution is 2.35. The van der Waals surface area contributed by atoms with E-state index in [1.165, 1.54) is 12.0 Å². The highest BCUT2D eigenvalue weighted by atomic mass is 32.2. The second-order valence-corrected chi connectivity index (χ2v) is 10.5. The number of aryl methyl sites for hydroxylation is 2. The second kappa shape index (κ2) is 11.7. The SMILES string of the molecule is COc1cc(/C=C2/SC(=O)N(Cc3ccc4ccccc4c3)C2=O)ccc1OCC(=O)Nc1ccc(C)c(C)c1. The van der Waals surface area contributed by atoms with E-state index in [1.807, 2.05) is 74.5 Å². The van der Waals surface area contributed by atoms with Gasteiger partial charge in [-0.1, -0.05) is 48.5 Å². The van der Waals surface area contributed by atoms with Gasteiger partial charge in [-0.05, 0) is 95.0 Å². The lowest BCUT2D eigenvalue weighted by atomic mass is 10.1. The van der Waals surface area contributed by atoms with Crippen molar-refractivity contribution in [1.82, 2.24) is 4.90 Å². The van der Waals surface area contributed by atoms with Crippen LogP contribution in [0.3, 0.4) is 0 Å². The lowest BCUT2D eigenvalue weighted by Gasteiger charge is -2.13. The summed E-state index contributed by atoms with van der Waals surface area (Å²) < 4.78 is 11.2. The summed E-state index contributed by atoms with van der Waals surface area (Å²) in [6.07, 6.45) is 1.66. The molecule has 40 heavy (non-hydrogen) atoms. The molecule has 1 heterocycles. The maximum Gasteiger partial charge on any atom is 0.293 e. The number of amides is 3. The molecule has 8 heteroatoms. The molecule has 0 atom stereocenters. The number of carbonyl (C=O) groups excluding carboxylic acids is 3. The van der Waals surface area contributed by atoms with Gasteiger partial charge in [-0.25, -0.2) is 0 Å². The van der Waals surface area contributed by atoms with Crippen LogP contribution in [0.5, 0.6) is 11.5 Å². The summed E-state index contributed by atoms with van der Waals surface area (Å²) in [5.74, 6) is 0.155. The predicted octanol–water partition coefficient (Wildman–Crippen LogP) is 6.72. The molecule has 1 N–H and O–H groups in total. The fourth-order valence-electron chi connectivity index (χ4n) is 4.36. The van der Waals surface area contributed by atoms with E-state index in [9.17, 15) is 14.4 Å². The maximum absolute atomic E-state index is 13.1. The van der Waals surface area contributed by atoms with E-state index in [0.717, 1.165) is 39.2 Å². The number of methoxy groups -OCH3 is 1. The van der Waals surface area contributed by atoms with Crippen LogP contribution in [0.2, 0.25) is 0 Å². The minimum absolute atomic E-state index is 0.198.